The van der Waals surface area contributed by atoms with E-state index in [1.165, 1.54) is 16.8 Å². The quantitative estimate of drug-likeness (QED) is 0.785. The lowest BCUT2D eigenvalue weighted by Crippen LogP contribution is -2.31. The molecule has 3 nitrogen and oxygen atoms in total. The predicted octanol–water partition coefficient (Wildman–Crippen LogP) is 3.90. The van der Waals surface area contributed by atoms with E-state index < -0.39 is 0 Å². The van der Waals surface area contributed by atoms with E-state index in [4.69, 9.17) is 4.74 Å². The Labute approximate surface area is 136 Å². The minimum Gasteiger partial charge on any atom is -0.380 e. The van der Waals surface area contributed by atoms with Crippen LogP contribution in [0.25, 0.3) is 0 Å². The minimum absolute atomic E-state index is 0.354. The molecule has 1 aliphatic heterocycles. The monoisotopic (exact) mass is 352 g/mol. The highest BCUT2D eigenvalue weighted by Gasteiger charge is 2.18. The summed E-state index contributed by atoms with van der Waals surface area (Å²) >= 11 is 3.60. The Kier molecular flexibility index (Phi) is 6.27. The molecule has 4 heteroatoms. The van der Waals surface area contributed by atoms with E-state index in [9.17, 15) is 0 Å². The summed E-state index contributed by atoms with van der Waals surface area (Å²) in [4.78, 5) is 2.45. The number of ether oxygens (including phenoxy) is 1. The fraction of sp³-hybridized carbons (Fsp3) is 0.529. The number of rotatable bonds is 6. The van der Waals surface area contributed by atoms with E-state index >= 15 is 0 Å². The molecule has 116 valence electrons. The highest BCUT2D eigenvalue weighted by Crippen LogP contribution is 2.31. The fourth-order valence-electron chi connectivity index (χ4n) is 2.82. The highest BCUT2D eigenvalue weighted by atomic mass is 79.9. The Morgan fingerprint density at radius 1 is 1.43 bits per heavy atom. The van der Waals surface area contributed by atoms with E-state index in [0.717, 1.165) is 37.1 Å². The third kappa shape index (κ3) is 4.31. The Bertz CT molecular complexity index is 502. The summed E-state index contributed by atoms with van der Waals surface area (Å²) < 4.78 is 6.37. The van der Waals surface area contributed by atoms with Gasteiger partial charge in [-0.15, -0.1) is 0 Å². The van der Waals surface area contributed by atoms with Crippen molar-refractivity contribution in [2.45, 2.75) is 26.3 Å². The molecular formula is C17H25BrN2O. The number of hydrogen-bond donors (Lipinski definition) is 1. The van der Waals surface area contributed by atoms with Crippen LogP contribution in [0.3, 0.4) is 0 Å². The largest absolute Gasteiger partial charge is 0.380 e. The molecule has 1 unspecified atom stereocenters. The van der Waals surface area contributed by atoms with Crippen molar-refractivity contribution >= 4 is 21.6 Å². The van der Waals surface area contributed by atoms with Gasteiger partial charge in [0.1, 0.15) is 0 Å². The maximum Gasteiger partial charge on any atom is 0.0674 e. The average molecular weight is 353 g/mol. The van der Waals surface area contributed by atoms with Gasteiger partial charge in [0.25, 0.3) is 0 Å². The lowest BCUT2D eigenvalue weighted by Gasteiger charge is -2.31. The van der Waals surface area contributed by atoms with Gasteiger partial charge in [0.2, 0.25) is 0 Å². The van der Waals surface area contributed by atoms with Crippen LogP contribution >= 0.6 is 15.9 Å². The van der Waals surface area contributed by atoms with Crippen LogP contribution < -0.4 is 10.2 Å². The summed E-state index contributed by atoms with van der Waals surface area (Å²) in [7, 11) is 1.76. The van der Waals surface area contributed by atoms with Gasteiger partial charge in [0.05, 0.1) is 6.61 Å². The number of nitrogens with zero attached hydrogens (tertiary/aromatic N) is 1. The number of benzene rings is 1. The van der Waals surface area contributed by atoms with Crippen LogP contribution in [0, 0.1) is 0 Å². The van der Waals surface area contributed by atoms with Crippen molar-refractivity contribution in [3.05, 3.63) is 39.9 Å². The van der Waals surface area contributed by atoms with Gasteiger partial charge < -0.3 is 15.0 Å². The average Bonchev–Trinajstić information content (AvgIpc) is 2.49. The van der Waals surface area contributed by atoms with Gasteiger partial charge in [0.15, 0.2) is 0 Å². The lowest BCUT2D eigenvalue weighted by atomic mass is 10.0. The van der Waals surface area contributed by atoms with Gasteiger partial charge in [-0.1, -0.05) is 28.9 Å². The minimum atomic E-state index is 0.354. The lowest BCUT2D eigenvalue weighted by molar-refractivity contribution is 0.222. The summed E-state index contributed by atoms with van der Waals surface area (Å²) in [6.07, 6.45) is 3.38. The zero-order valence-corrected chi connectivity index (χ0v) is 14.7. The van der Waals surface area contributed by atoms with Crippen molar-refractivity contribution in [3.63, 3.8) is 0 Å². The SMILES string of the molecule is CCNC(C)c1cc(Br)ccc1N1CC=C(COC)CC1. The molecule has 0 fully saturated rings. The summed E-state index contributed by atoms with van der Waals surface area (Å²) in [6, 6.07) is 6.94. The molecule has 1 N–H and O–H groups in total. The number of anilines is 1. The first-order valence-corrected chi connectivity index (χ1v) is 8.39. The maximum atomic E-state index is 5.23. The van der Waals surface area contributed by atoms with Crippen LogP contribution in [0.2, 0.25) is 0 Å². The van der Waals surface area contributed by atoms with Crippen LogP contribution in [0.5, 0.6) is 0 Å². The van der Waals surface area contributed by atoms with Crippen LogP contribution in [0.4, 0.5) is 5.69 Å². The zero-order valence-electron chi connectivity index (χ0n) is 13.2. The second-order valence-electron chi connectivity index (χ2n) is 5.47. The molecule has 21 heavy (non-hydrogen) atoms. The molecule has 0 amide bonds. The first kappa shape index (κ1) is 16.5. The van der Waals surface area contributed by atoms with E-state index in [0.29, 0.717) is 6.04 Å². The Balaban J connectivity index is 2.20. The molecule has 1 aromatic rings. The number of halogens is 1. The van der Waals surface area contributed by atoms with Crippen molar-refractivity contribution in [2.24, 2.45) is 0 Å². The standard InChI is InChI=1S/C17H25BrN2O/c1-4-19-13(2)16-11-15(18)5-6-17(16)20-9-7-14(8-10-20)12-21-3/h5-7,11,13,19H,4,8-10,12H2,1-3H3. The summed E-state index contributed by atoms with van der Waals surface area (Å²) in [5, 5.41) is 3.51. The number of hydrogen-bond acceptors (Lipinski definition) is 3. The Morgan fingerprint density at radius 2 is 2.24 bits per heavy atom. The van der Waals surface area contributed by atoms with Crippen molar-refractivity contribution in [1.29, 1.82) is 0 Å². The zero-order chi connectivity index (χ0) is 15.2. The van der Waals surface area contributed by atoms with Gasteiger partial charge >= 0.3 is 0 Å². The normalized spacial score (nSPS) is 16.8. The van der Waals surface area contributed by atoms with Crippen molar-refractivity contribution in [2.75, 3.05) is 38.3 Å². The van der Waals surface area contributed by atoms with Crippen LogP contribution in [-0.2, 0) is 4.74 Å². The molecule has 0 aromatic heterocycles. The fourth-order valence-corrected chi connectivity index (χ4v) is 3.20. The molecule has 0 spiro atoms. The molecular weight excluding hydrogens is 328 g/mol. The molecule has 0 aliphatic carbocycles. The third-order valence-electron chi connectivity index (χ3n) is 3.94. The highest BCUT2D eigenvalue weighted by molar-refractivity contribution is 9.10. The van der Waals surface area contributed by atoms with Gasteiger partial charge in [-0.05, 0) is 49.2 Å². The molecule has 1 aromatic carbocycles. The molecule has 1 heterocycles. The molecule has 1 atom stereocenters. The van der Waals surface area contributed by atoms with Gasteiger partial charge in [-0.25, -0.2) is 0 Å². The van der Waals surface area contributed by atoms with Crippen molar-refractivity contribution in [3.8, 4) is 0 Å². The number of methoxy groups -OCH3 is 1. The maximum absolute atomic E-state index is 5.23. The van der Waals surface area contributed by atoms with Gasteiger partial charge in [-0.3, -0.25) is 0 Å². The van der Waals surface area contributed by atoms with Crippen molar-refractivity contribution < 1.29 is 4.74 Å². The second kappa shape index (κ2) is 7.97. The first-order valence-electron chi connectivity index (χ1n) is 7.60. The topological polar surface area (TPSA) is 24.5 Å². The third-order valence-corrected chi connectivity index (χ3v) is 4.43. The number of nitrogens with one attached hydrogen (secondary N) is 1. The Morgan fingerprint density at radius 3 is 2.86 bits per heavy atom. The van der Waals surface area contributed by atoms with Crippen LogP contribution in [0.15, 0.2) is 34.3 Å². The van der Waals surface area contributed by atoms with Crippen molar-refractivity contribution in [1.82, 2.24) is 5.32 Å². The molecule has 1 aliphatic rings. The molecule has 2 rings (SSSR count). The second-order valence-corrected chi connectivity index (χ2v) is 6.39. The van der Waals surface area contributed by atoms with Gasteiger partial charge in [0, 0.05) is 36.4 Å². The summed E-state index contributed by atoms with van der Waals surface area (Å²) in [6.45, 7) is 8.13. The Hall–Kier alpha value is -0.840. The summed E-state index contributed by atoms with van der Waals surface area (Å²) in [5.74, 6) is 0. The first-order chi connectivity index (χ1) is 10.2. The van der Waals surface area contributed by atoms with E-state index in [1.807, 2.05) is 0 Å². The summed E-state index contributed by atoms with van der Waals surface area (Å²) in [5.41, 5.74) is 4.10. The van der Waals surface area contributed by atoms with E-state index in [1.54, 1.807) is 7.11 Å². The molecule has 0 saturated carbocycles. The van der Waals surface area contributed by atoms with E-state index in [-0.39, 0.29) is 0 Å². The smallest absolute Gasteiger partial charge is 0.0674 e. The van der Waals surface area contributed by atoms with Gasteiger partial charge in [-0.2, -0.15) is 0 Å². The van der Waals surface area contributed by atoms with Crippen LogP contribution in [0.1, 0.15) is 31.9 Å². The molecule has 0 saturated heterocycles. The van der Waals surface area contributed by atoms with E-state index in [2.05, 4.69) is 64.3 Å². The molecule has 0 radical (unpaired) electrons. The van der Waals surface area contributed by atoms with Crippen LogP contribution in [-0.4, -0.2) is 33.4 Å². The predicted molar refractivity (Wildman–Crippen MR) is 93.0 cm³/mol. The molecule has 0 bridgehead atoms.